The highest BCUT2D eigenvalue weighted by molar-refractivity contribution is 7.89. The molecule has 0 fully saturated rings. The van der Waals surface area contributed by atoms with Crippen LogP contribution in [-0.2, 0) is 27.6 Å². The van der Waals surface area contributed by atoms with E-state index >= 15 is 4.39 Å². The fourth-order valence-corrected chi connectivity index (χ4v) is 4.83. The molecule has 2 heterocycles. The summed E-state index contributed by atoms with van der Waals surface area (Å²) in [5.74, 6) is -0.565. The summed E-state index contributed by atoms with van der Waals surface area (Å²) in [6.07, 6.45) is 9.08. The standard InChI is InChI=1S/C29H31FN6O3S/c1-18-12-19(14-27(37)35-20-16-34-36(17-20)29(2,3)4)13-23(30)28(18)39-25-9-11-33-24-8-7-21(15-22(24)25)40(38)26(32)6-5-10-31/h5-13,15-17H,14,31-32H2,1-4H3,(H,35,37)/b10-5-,26-6+. The van der Waals surface area contributed by atoms with E-state index in [1.54, 1.807) is 60.5 Å². The monoisotopic (exact) mass is 562 g/mol. The number of allylic oxidation sites excluding steroid dienone is 2. The Hall–Kier alpha value is -4.51. The number of hydrogen-bond acceptors (Lipinski definition) is 7. The third kappa shape index (κ3) is 6.55. The van der Waals surface area contributed by atoms with Crippen LogP contribution in [0, 0.1) is 12.7 Å². The van der Waals surface area contributed by atoms with Gasteiger partial charge in [0.1, 0.15) is 21.6 Å². The van der Waals surface area contributed by atoms with Gasteiger partial charge in [0, 0.05) is 22.7 Å². The second-order valence-electron chi connectivity index (χ2n) is 10.1. The molecule has 5 N–H and O–H groups in total. The molecular formula is C29H31FN6O3S. The molecular weight excluding hydrogens is 531 g/mol. The Kier molecular flexibility index (Phi) is 8.34. The minimum absolute atomic E-state index is 0.0159. The van der Waals surface area contributed by atoms with E-state index in [1.165, 1.54) is 24.4 Å². The summed E-state index contributed by atoms with van der Waals surface area (Å²) < 4.78 is 35.9. The smallest absolute Gasteiger partial charge is 0.228 e. The first-order valence-corrected chi connectivity index (χ1v) is 13.6. The first kappa shape index (κ1) is 28.5. The molecule has 1 amide bonds. The van der Waals surface area contributed by atoms with Gasteiger partial charge in [0.15, 0.2) is 11.6 Å². The lowest BCUT2D eigenvalue weighted by Gasteiger charge is -2.18. The van der Waals surface area contributed by atoms with E-state index in [0.29, 0.717) is 38.4 Å². The molecule has 0 aliphatic rings. The van der Waals surface area contributed by atoms with E-state index in [1.807, 2.05) is 20.8 Å². The summed E-state index contributed by atoms with van der Waals surface area (Å²) in [5.41, 5.74) is 13.2. The summed E-state index contributed by atoms with van der Waals surface area (Å²) in [7, 11) is -1.64. The minimum atomic E-state index is -1.64. The van der Waals surface area contributed by atoms with Crippen LogP contribution in [0.3, 0.4) is 0 Å². The van der Waals surface area contributed by atoms with E-state index in [9.17, 15) is 9.00 Å². The maximum atomic E-state index is 15.3. The summed E-state index contributed by atoms with van der Waals surface area (Å²) >= 11 is 0. The molecule has 4 rings (SSSR count). The third-order valence-electron chi connectivity index (χ3n) is 5.89. The molecule has 2 aromatic carbocycles. The van der Waals surface area contributed by atoms with Crippen LogP contribution in [0.2, 0.25) is 0 Å². The van der Waals surface area contributed by atoms with E-state index in [4.69, 9.17) is 16.2 Å². The average molecular weight is 563 g/mol. The van der Waals surface area contributed by atoms with E-state index in [-0.39, 0.29) is 28.6 Å². The third-order valence-corrected chi connectivity index (χ3v) is 7.14. The zero-order chi connectivity index (χ0) is 29.0. The summed E-state index contributed by atoms with van der Waals surface area (Å²) in [4.78, 5) is 17.4. The minimum Gasteiger partial charge on any atom is -0.453 e. The molecule has 0 saturated carbocycles. The van der Waals surface area contributed by atoms with Crippen molar-refractivity contribution in [2.24, 2.45) is 11.5 Å². The highest BCUT2D eigenvalue weighted by Gasteiger charge is 2.18. The Labute approximate surface area is 234 Å². The van der Waals surface area contributed by atoms with Crippen molar-refractivity contribution < 1.29 is 18.1 Å². The van der Waals surface area contributed by atoms with Gasteiger partial charge < -0.3 is 21.5 Å². The second kappa shape index (κ2) is 11.7. The normalized spacial score (nSPS) is 13.1. The van der Waals surface area contributed by atoms with Gasteiger partial charge in [-0.25, -0.2) is 8.60 Å². The summed E-state index contributed by atoms with van der Waals surface area (Å²) in [5, 5.41) is 7.73. The van der Waals surface area contributed by atoms with Gasteiger partial charge in [-0.2, -0.15) is 5.10 Å². The van der Waals surface area contributed by atoms with Crippen LogP contribution in [0.15, 0.2) is 83.3 Å². The lowest BCUT2D eigenvalue weighted by Crippen LogP contribution is -2.22. The fourth-order valence-electron chi connectivity index (χ4n) is 3.94. The maximum absolute atomic E-state index is 15.3. The quantitative estimate of drug-likeness (QED) is 0.257. The number of benzene rings is 2. The number of rotatable bonds is 8. The van der Waals surface area contributed by atoms with Crippen molar-refractivity contribution in [1.82, 2.24) is 14.8 Å². The zero-order valence-electron chi connectivity index (χ0n) is 22.6. The van der Waals surface area contributed by atoms with Gasteiger partial charge in [-0.1, -0.05) is 6.07 Å². The van der Waals surface area contributed by atoms with Crippen molar-refractivity contribution in [2.75, 3.05) is 5.32 Å². The summed E-state index contributed by atoms with van der Waals surface area (Å²) in [6.45, 7) is 7.72. The molecule has 1 unspecified atom stereocenters. The fraction of sp³-hybridized carbons (Fsp3) is 0.207. The maximum Gasteiger partial charge on any atom is 0.228 e. The Bertz CT molecular complexity index is 1630. The number of carbonyl (C=O) groups excluding carboxylic acids is 1. The van der Waals surface area contributed by atoms with Gasteiger partial charge in [-0.15, -0.1) is 0 Å². The van der Waals surface area contributed by atoms with Crippen molar-refractivity contribution in [3.63, 3.8) is 0 Å². The number of nitrogens with two attached hydrogens (primary N) is 2. The SMILES string of the molecule is Cc1cc(CC(=O)Nc2cnn(C(C)(C)C)c2)cc(F)c1Oc1ccnc2ccc(S(=O)/C(N)=C/C=C\N)cc12. The molecule has 0 saturated heterocycles. The molecule has 40 heavy (non-hydrogen) atoms. The van der Waals surface area contributed by atoms with Crippen LogP contribution >= 0.6 is 0 Å². The molecule has 4 aromatic rings. The number of fused-ring (bicyclic) bond motifs is 1. The van der Waals surface area contributed by atoms with Crippen LogP contribution in [0.4, 0.5) is 10.1 Å². The number of anilines is 1. The molecule has 0 aliphatic carbocycles. The number of ether oxygens (including phenoxy) is 1. The predicted octanol–water partition coefficient (Wildman–Crippen LogP) is 4.99. The Balaban J connectivity index is 1.55. The Morgan fingerprint density at radius 2 is 2.00 bits per heavy atom. The Morgan fingerprint density at radius 3 is 2.67 bits per heavy atom. The first-order valence-electron chi connectivity index (χ1n) is 12.4. The van der Waals surface area contributed by atoms with Crippen molar-refractivity contribution in [1.29, 1.82) is 0 Å². The lowest BCUT2D eigenvalue weighted by atomic mass is 10.1. The van der Waals surface area contributed by atoms with Gasteiger partial charge in [0.05, 0.1) is 29.4 Å². The second-order valence-corrected chi connectivity index (χ2v) is 11.6. The van der Waals surface area contributed by atoms with Crippen LogP contribution < -0.4 is 21.5 Å². The van der Waals surface area contributed by atoms with Crippen LogP contribution in [0.5, 0.6) is 11.5 Å². The number of nitrogens with one attached hydrogen (secondary N) is 1. The van der Waals surface area contributed by atoms with Crippen molar-refractivity contribution in [3.05, 3.63) is 95.3 Å². The van der Waals surface area contributed by atoms with Gasteiger partial charge in [0.25, 0.3) is 0 Å². The topological polar surface area (TPSA) is 138 Å². The Morgan fingerprint density at radius 1 is 1.23 bits per heavy atom. The first-order chi connectivity index (χ1) is 19.0. The number of aryl methyl sites for hydroxylation is 1. The highest BCUT2D eigenvalue weighted by atomic mass is 32.2. The van der Waals surface area contributed by atoms with E-state index in [0.717, 1.165) is 0 Å². The van der Waals surface area contributed by atoms with Gasteiger partial charge in [-0.05, 0) is 87.5 Å². The number of amides is 1. The molecule has 0 radical (unpaired) electrons. The number of nitrogens with zero attached hydrogens (tertiary/aromatic N) is 3. The predicted molar refractivity (Wildman–Crippen MR) is 155 cm³/mol. The lowest BCUT2D eigenvalue weighted by molar-refractivity contribution is -0.115. The van der Waals surface area contributed by atoms with Gasteiger partial charge in [-0.3, -0.25) is 14.5 Å². The number of pyridine rings is 1. The molecule has 208 valence electrons. The molecule has 0 aliphatic heterocycles. The van der Waals surface area contributed by atoms with E-state index in [2.05, 4.69) is 15.4 Å². The molecule has 0 spiro atoms. The molecule has 1 atom stereocenters. The largest absolute Gasteiger partial charge is 0.453 e. The number of hydrogen-bond donors (Lipinski definition) is 3. The van der Waals surface area contributed by atoms with Crippen molar-refractivity contribution in [2.45, 2.75) is 44.6 Å². The van der Waals surface area contributed by atoms with E-state index < -0.39 is 16.6 Å². The van der Waals surface area contributed by atoms with Crippen LogP contribution in [-0.4, -0.2) is 24.9 Å². The number of aromatic nitrogens is 3. The van der Waals surface area contributed by atoms with Crippen molar-refractivity contribution in [3.8, 4) is 11.5 Å². The van der Waals surface area contributed by atoms with Gasteiger partial charge >= 0.3 is 0 Å². The molecule has 9 nitrogen and oxygen atoms in total. The number of halogens is 1. The van der Waals surface area contributed by atoms with Crippen LogP contribution in [0.25, 0.3) is 10.9 Å². The summed E-state index contributed by atoms with van der Waals surface area (Å²) in [6, 6.07) is 9.58. The molecule has 2 aromatic heterocycles. The van der Waals surface area contributed by atoms with Crippen LogP contribution in [0.1, 0.15) is 31.9 Å². The molecule has 0 bridgehead atoms. The highest BCUT2D eigenvalue weighted by Crippen LogP contribution is 2.34. The zero-order valence-corrected chi connectivity index (χ0v) is 23.5. The number of carbonyl (C=O) groups is 1. The van der Waals surface area contributed by atoms with Crippen molar-refractivity contribution >= 4 is 33.3 Å². The van der Waals surface area contributed by atoms with Gasteiger partial charge in [0.2, 0.25) is 5.91 Å². The molecule has 11 heteroatoms. The average Bonchev–Trinajstić information content (AvgIpc) is 3.37.